The van der Waals surface area contributed by atoms with E-state index >= 15 is 0 Å². The smallest absolute Gasteiger partial charge is 0.295 e. The number of nitrogens with zero attached hydrogens (tertiary/aromatic N) is 5. The predicted molar refractivity (Wildman–Crippen MR) is 159 cm³/mol. The number of carbonyl (C=O) groups is 1. The largest absolute Gasteiger partial charge is 0.368 e. The van der Waals surface area contributed by atoms with Crippen LogP contribution >= 0.6 is 11.6 Å². The highest BCUT2D eigenvalue weighted by Gasteiger charge is 2.26. The van der Waals surface area contributed by atoms with E-state index in [0.717, 1.165) is 10.2 Å². The molecule has 0 spiro atoms. The van der Waals surface area contributed by atoms with Crippen LogP contribution in [-0.2, 0) is 0 Å². The van der Waals surface area contributed by atoms with Crippen LogP contribution in [0.5, 0.6) is 0 Å². The van der Waals surface area contributed by atoms with Crippen molar-refractivity contribution in [3.63, 3.8) is 0 Å². The van der Waals surface area contributed by atoms with Crippen LogP contribution in [0.1, 0.15) is 10.4 Å². The molecule has 1 aliphatic heterocycles. The van der Waals surface area contributed by atoms with Gasteiger partial charge in [-0.1, -0.05) is 60.1 Å². The first-order valence-electron chi connectivity index (χ1n) is 13.1. The highest BCUT2D eigenvalue weighted by Crippen LogP contribution is 2.31. The third kappa shape index (κ3) is 5.03. The second-order valence-electron chi connectivity index (χ2n) is 9.69. The summed E-state index contributed by atoms with van der Waals surface area (Å²) >= 11 is 5.96. The van der Waals surface area contributed by atoms with E-state index in [0.29, 0.717) is 58.9 Å². The molecule has 41 heavy (non-hydrogen) atoms. The lowest BCUT2D eigenvalue weighted by Crippen LogP contribution is -2.48. The molecule has 2 heterocycles. The van der Waals surface area contributed by atoms with Crippen molar-refractivity contribution in [2.75, 3.05) is 31.1 Å². The van der Waals surface area contributed by atoms with Gasteiger partial charge < -0.3 is 9.80 Å². The van der Waals surface area contributed by atoms with Crippen molar-refractivity contribution in [1.29, 1.82) is 0 Å². The highest BCUT2D eigenvalue weighted by molar-refractivity contribution is 6.30. The van der Waals surface area contributed by atoms with Gasteiger partial charge in [-0.2, -0.15) is 9.78 Å². The number of rotatable bonds is 5. The zero-order valence-electron chi connectivity index (χ0n) is 21.8. The first kappa shape index (κ1) is 26.2. The van der Waals surface area contributed by atoms with Gasteiger partial charge in [0, 0.05) is 59.5 Å². The molecule has 10 heteroatoms. The second-order valence-corrected chi connectivity index (χ2v) is 10.1. The van der Waals surface area contributed by atoms with E-state index in [-0.39, 0.29) is 17.3 Å². The maximum Gasteiger partial charge on any atom is 0.295 e. The lowest BCUT2D eigenvalue weighted by atomic mass is 10.1. The highest BCUT2D eigenvalue weighted by atomic mass is 35.5. The quantitative estimate of drug-likeness (QED) is 0.204. The van der Waals surface area contributed by atoms with E-state index in [2.05, 4.69) is 5.10 Å². The summed E-state index contributed by atoms with van der Waals surface area (Å²) in [5.74, 6) is -0.0777. The van der Waals surface area contributed by atoms with Crippen molar-refractivity contribution < 1.29 is 9.72 Å². The van der Waals surface area contributed by atoms with Gasteiger partial charge in [-0.3, -0.25) is 19.7 Å². The summed E-state index contributed by atoms with van der Waals surface area (Å²) in [5, 5.41) is 18.4. The molecule has 0 bridgehead atoms. The zero-order chi connectivity index (χ0) is 28.5. The normalized spacial score (nSPS) is 13.4. The number of carbonyl (C=O) groups excluding carboxylic acids is 1. The van der Waals surface area contributed by atoms with E-state index in [1.807, 2.05) is 47.4 Å². The number of piperazine rings is 1. The number of hydrogen-bond donors (Lipinski definition) is 0. The number of amides is 1. The minimum absolute atomic E-state index is 0.0777. The van der Waals surface area contributed by atoms with Crippen LogP contribution in [0.15, 0.2) is 102 Å². The minimum atomic E-state index is -0.507. The average molecular weight is 566 g/mol. The summed E-state index contributed by atoms with van der Waals surface area (Å²) in [4.78, 5) is 42.0. The fourth-order valence-electron chi connectivity index (χ4n) is 5.14. The van der Waals surface area contributed by atoms with E-state index in [1.165, 1.54) is 6.07 Å². The van der Waals surface area contributed by atoms with Gasteiger partial charge >= 0.3 is 0 Å². The molecule has 0 atom stereocenters. The molecule has 1 amide bonds. The molecule has 1 saturated heterocycles. The lowest BCUT2D eigenvalue weighted by Gasteiger charge is -2.36. The molecular weight excluding hydrogens is 542 g/mol. The molecular formula is C31H24ClN5O4. The number of halogens is 1. The number of anilines is 1. The van der Waals surface area contributed by atoms with Crippen LogP contribution in [0, 0.1) is 10.1 Å². The Balaban J connectivity index is 1.37. The van der Waals surface area contributed by atoms with Crippen molar-refractivity contribution >= 4 is 39.7 Å². The summed E-state index contributed by atoms with van der Waals surface area (Å²) in [6, 6.07) is 28.0. The molecule has 9 nitrogen and oxygen atoms in total. The van der Waals surface area contributed by atoms with Crippen molar-refractivity contribution in [2.24, 2.45) is 0 Å². The average Bonchev–Trinajstić information content (AvgIpc) is 3.01. The molecule has 1 fully saturated rings. The van der Waals surface area contributed by atoms with E-state index in [1.54, 1.807) is 53.4 Å². The van der Waals surface area contributed by atoms with Crippen molar-refractivity contribution in [2.45, 2.75) is 0 Å². The Labute approximate surface area is 240 Å². The summed E-state index contributed by atoms with van der Waals surface area (Å²) < 4.78 is 1.13. The molecule has 0 N–H and O–H groups in total. The van der Waals surface area contributed by atoms with Crippen molar-refractivity contribution in [3.05, 3.63) is 128 Å². The summed E-state index contributed by atoms with van der Waals surface area (Å²) in [7, 11) is 0. The summed E-state index contributed by atoms with van der Waals surface area (Å²) in [5.41, 5.74) is 2.02. The van der Waals surface area contributed by atoms with E-state index < -0.39 is 10.5 Å². The minimum Gasteiger partial charge on any atom is -0.368 e. The molecule has 4 aromatic carbocycles. The van der Waals surface area contributed by atoms with Crippen molar-refractivity contribution in [1.82, 2.24) is 14.7 Å². The van der Waals surface area contributed by atoms with Crippen molar-refractivity contribution in [3.8, 4) is 16.9 Å². The maximum absolute atomic E-state index is 13.7. The molecule has 0 radical (unpaired) electrons. The number of hydrogen-bond acceptors (Lipinski definition) is 6. The Kier molecular flexibility index (Phi) is 6.94. The molecule has 0 unspecified atom stereocenters. The fraction of sp³-hybridized carbons (Fsp3) is 0.129. The Hall–Kier alpha value is -5.02. The molecule has 5 aromatic rings. The zero-order valence-corrected chi connectivity index (χ0v) is 22.6. The predicted octanol–water partition coefficient (Wildman–Crippen LogP) is 5.58. The van der Waals surface area contributed by atoms with Gasteiger partial charge in [0.05, 0.1) is 16.0 Å². The van der Waals surface area contributed by atoms with Crippen LogP contribution in [0.25, 0.3) is 27.7 Å². The molecule has 204 valence electrons. The van der Waals surface area contributed by atoms with E-state index in [4.69, 9.17) is 11.6 Å². The monoisotopic (exact) mass is 565 g/mol. The van der Waals surface area contributed by atoms with Gasteiger partial charge in [0.2, 0.25) is 0 Å². The molecule has 0 saturated carbocycles. The SMILES string of the molecule is O=C(c1ccc(Cl)cc1)N1CCN(c2ccc([N+](=O)[O-])c(-n3nc(-c4ccccc4)c4ccccc4c3=O)c2)CC1. The van der Waals surface area contributed by atoms with Crippen LogP contribution in [-0.4, -0.2) is 51.7 Å². The number of fused-ring (bicyclic) bond motifs is 1. The van der Waals surface area contributed by atoms with Crippen LogP contribution in [0.4, 0.5) is 11.4 Å². The van der Waals surface area contributed by atoms with Crippen LogP contribution in [0.3, 0.4) is 0 Å². The Morgan fingerprint density at radius 2 is 1.49 bits per heavy atom. The third-order valence-electron chi connectivity index (χ3n) is 7.26. The second kappa shape index (κ2) is 10.9. The van der Waals surface area contributed by atoms with Crippen LogP contribution in [0.2, 0.25) is 5.02 Å². The molecule has 0 aliphatic carbocycles. The standard InChI is InChI=1S/C31H24ClN5O4/c32-23-12-10-22(11-13-23)30(38)35-18-16-34(17-19-35)24-14-15-27(37(40)41)28(20-24)36-31(39)26-9-5-4-8-25(26)29(33-36)21-6-2-1-3-7-21/h1-15,20H,16-19H2. The van der Waals surface area contributed by atoms with E-state index in [9.17, 15) is 19.7 Å². The van der Waals surface area contributed by atoms with Gasteiger partial charge in [-0.15, -0.1) is 0 Å². The number of aromatic nitrogens is 2. The Bertz CT molecular complexity index is 1830. The van der Waals surface area contributed by atoms with Crippen LogP contribution < -0.4 is 10.5 Å². The Morgan fingerprint density at radius 1 is 0.829 bits per heavy atom. The number of nitro benzene ring substituents is 1. The molecule has 1 aliphatic rings. The maximum atomic E-state index is 13.7. The van der Waals surface area contributed by atoms with Gasteiger partial charge in [0.15, 0.2) is 0 Å². The number of nitro groups is 1. The summed E-state index contributed by atoms with van der Waals surface area (Å²) in [6.07, 6.45) is 0. The topological polar surface area (TPSA) is 102 Å². The van der Waals surface area contributed by atoms with Gasteiger partial charge in [0.1, 0.15) is 5.69 Å². The number of benzene rings is 4. The first-order valence-corrected chi connectivity index (χ1v) is 13.4. The Morgan fingerprint density at radius 3 is 2.17 bits per heavy atom. The first-order chi connectivity index (χ1) is 19.9. The lowest BCUT2D eigenvalue weighted by molar-refractivity contribution is -0.384. The molecule has 1 aromatic heterocycles. The fourth-order valence-corrected chi connectivity index (χ4v) is 5.26. The van der Waals surface area contributed by atoms with Gasteiger partial charge in [-0.05, 0) is 42.5 Å². The summed E-state index contributed by atoms with van der Waals surface area (Å²) in [6.45, 7) is 1.98. The third-order valence-corrected chi connectivity index (χ3v) is 7.51. The van der Waals surface area contributed by atoms with Gasteiger partial charge in [0.25, 0.3) is 17.2 Å². The molecule has 6 rings (SSSR count). The van der Waals surface area contributed by atoms with Gasteiger partial charge in [-0.25, -0.2) is 0 Å².